The normalized spacial score (nSPS) is 51.6. The number of likely N-dealkylation sites (tertiary alicyclic amines) is 1. The van der Waals surface area contributed by atoms with E-state index in [0.717, 1.165) is 38.3 Å². The van der Waals surface area contributed by atoms with E-state index < -0.39 is 0 Å². The Morgan fingerprint density at radius 2 is 2.03 bits per heavy atom. The van der Waals surface area contributed by atoms with Gasteiger partial charge in [0.05, 0.1) is 18.3 Å². The zero-order valence-electron chi connectivity index (χ0n) is 21.2. The maximum atomic E-state index is 12.2. The summed E-state index contributed by atoms with van der Waals surface area (Å²) in [7, 11) is 0. The van der Waals surface area contributed by atoms with E-state index in [1.165, 1.54) is 63.4 Å². The molecule has 6 rings (SSSR count). The molecule has 2 saturated heterocycles. The van der Waals surface area contributed by atoms with Crippen LogP contribution in [-0.2, 0) is 9.53 Å². The largest absolute Gasteiger partial charge is 0.395 e. The van der Waals surface area contributed by atoms with Crippen LogP contribution in [0.15, 0.2) is 11.6 Å². The number of hydrogen-bond donors (Lipinski definition) is 1. The number of ether oxygens (including phenoxy) is 1. The van der Waals surface area contributed by atoms with Gasteiger partial charge < -0.3 is 9.84 Å². The van der Waals surface area contributed by atoms with Crippen LogP contribution in [-0.4, -0.2) is 53.2 Å². The third-order valence-electron chi connectivity index (χ3n) is 11.9. The van der Waals surface area contributed by atoms with E-state index in [9.17, 15) is 9.90 Å². The summed E-state index contributed by atoms with van der Waals surface area (Å²) in [6.45, 7) is 9.57. The smallest absolute Gasteiger partial charge is 0.155 e. The van der Waals surface area contributed by atoms with Crippen LogP contribution in [0.3, 0.4) is 0 Å². The predicted octanol–water partition coefficient (Wildman–Crippen LogP) is 5.28. The fourth-order valence-corrected chi connectivity index (χ4v) is 9.85. The van der Waals surface area contributed by atoms with Gasteiger partial charge in [-0.2, -0.15) is 0 Å². The van der Waals surface area contributed by atoms with Crippen molar-refractivity contribution in [2.45, 2.75) is 116 Å². The molecule has 0 aromatic carbocycles. The SMILES string of the molecule is CC1CC2OC3(CCCC4(CC5CCCC6=CC(=O)CCC65C)CC43C)CC2N(CCO)C1. The Morgan fingerprint density at radius 1 is 1.18 bits per heavy atom. The monoisotopic (exact) mass is 455 g/mol. The van der Waals surface area contributed by atoms with Crippen LogP contribution >= 0.6 is 0 Å². The molecule has 0 amide bonds. The Balaban J connectivity index is 1.25. The molecular formula is C29H45NO3. The zero-order valence-corrected chi connectivity index (χ0v) is 21.2. The fraction of sp³-hybridized carbons (Fsp3) is 0.897. The third kappa shape index (κ3) is 3.22. The van der Waals surface area contributed by atoms with E-state index in [1.54, 1.807) is 0 Å². The molecule has 1 N–H and O–H groups in total. The second-order valence-corrected chi connectivity index (χ2v) is 13.5. The highest BCUT2D eigenvalue weighted by molar-refractivity contribution is 5.91. The predicted molar refractivity (Wildman–Crippen MR) is 130 cm³/mol. The van der Waals surface area contributed by atoms with Crippen LogP contribution in [0.1, 0.15) is 97.8 Å². The molecule has 4 heteroatoms. The summed E-state index contributed by atoms with van der Waals surface area (Å²) in [6.07, 6.45) is 16.8. The highest BCUT2D eigenvalue weighted by Gasteiger charge is 2.77. The molecule has 0 radical (unpaired) electrons. The van der Waals surface area contributed by atoms with Gasteiger partial charge in [-0.1, -0.05) is 26.3 Å². The number of rotatable bonds is 4. The third-order valence-corrected chi connectivity index (χ3v) is 11.9. The number of piperidine rings is 1. The van der Waals surface area contributed by atoms with Crippen molar-refractivity contribution < 1.29 is 14.6 Å². The van der Waals surface area contributed by atoms with Gasteiger partial charge in [0, 0.05) is 31.0 Å². The molecule has 6 aliphatic rings. The molecule has 1 spiro atoms. The molecule has 4 nitrogen and oxygen atoms in total. The Labute approximate surface area is 200 Å². The van der Waals surface area contributed by atoms with Gasteiger partial charge in [0.1, 0.15) is 0 Å². The first-order chi connectivity index (χ1) is 15.7. The topological polar surface area (TPSA) is 49.8 Å². The molecule has 3 saturated carbocycles. The summed E-state index contributed by atoms with van der Waals surface area (Å²) in [6, 6.07) is 0.493. The second kappa shape index (κ2) is 7.64. The molecule has 2 aliphatic heterocycles. The summed E-state index contributed by atoms with van der Waals surface area (Å²) < 4.78 is 7.18. The molecule has 0 aromatic heterocycles. The first-order valence-corrected chi connectivity index (χ1v) is 14.0. The van der Waals surface area contributed by atoms with E-state index in [1.807, 2.05) is 6.08 Å². The van der Waals surface area contributed by atoms with E-state index in [4.69, 9.17) is 4.74 Å². The molecular weight excluding hydrogens is 410 g/mol. The standard InChI is InChI=1S/C29H45NO3/c1-20-14-25-24(30(18-20)12-13-31)17-29(33-25)10-5-9-28(19-27(28,29)3)16-22-7-4-6-21-15-23(32)8-11-26(21,22)2/h15,20,22,24-25,31H,4-14,16-19H2,1-3H3. The molecule has 0 bridgehead atoms. The fourth-order valence-electron chi connectivity index (χ4n) is 9.85. The number of fused-ring (bicyclic) bond motifs is 4. The number of β-amino-alcohol motifs (C(OH)–C–C–N with tert-alkyl or cyclic N) is 1. The van der Waals surface area contributed by atoms with E-state index in [0.29, 0.717) is 34.7 Å². The highest BCUT2D eigenvalue weighted by atomic mass is 16.5. The van der Waals surface area contributed by atoms with Crippen molar-refractivity contribution >= 4 is 5.78 Å². The number of hydrogen-bond acceptors (Lipinski definition) is 4. The lowest BCUT2D eigenvalue weighted by Crippen LogP contribution is -2.49. The molecule has 33 heavy (non-hydrogen) atoms. The van der Waals surface area contributed by atoms with Crippen molar-refractivity contribution in [1.29, 1.82) is 0 Å². The van der Waals surface area contributed by atoms with E-state index >= 15 is 0 Å². The van der Waals surface area contributed by atoms with Gasteiger partial charge in [0.2, 0.25) is 0 Å². The number of aliphatic hydroxyl groups excluding tert-OH is 1. The van der Waals surface area contributed by atoms with Gasteiger partial charge in [-0.25, -0.2) is 0 Å². The highest BCUT2D eigenvalue weighted by Crippen LogP contribution is 2.80. The Morgan fingerprint density at radius 3 is 2.85 bits per heavy atom. The Hall–Kier alpha value is -0.710. The summed E-state index contributed by atoms with van der Waals surface area (Å²) in [5.41, 5.74) is 2.48. The minimum atomic E-state index is 0.0368. The second-order valence-electron chi connectivity index (χ2n) is 13.5. The first-order valence-electron chi connectivity index (χ1n) is 14.0. The van der Waals surface area contributed by atoms with Crippen molar-refractivity contribution in [1.82, 2.24) is 4.90 Å². The number of ketones is 1. The molecule has 8 unspecified atom stereocenters. The Bertz CT molecular complexity index is 854. The van der Waals surface area contributed by atoms with Crippen molar-refractivity contribution in [3.63, 3.8) is 0 Å². The number of carbonyl (C=O) groups is 1. The van der Waals surface area contributed by atoms with Gasteiger partial charge in [-0.05, 0) is 99.4 Å². The van der Waals surface area contributed by atoms with Gasteiger partial charge >= 0.3 is 0 Å². The van der Waals surface area contributed by atoms with E-state index in [-0.39, 0.29) is 17.6 Å². The van der Waals surface area contributed by atoms with Crippen molar-refractivity contribution in [3.05, 3.63) is 11.6 Å². The van der Waals surface area contributed by atoms with Crippen LogP contribution in [0, 0.1) is 28.1 Å². The molecule has 4 aliphatic carbocycles. The molecule has 0 aromatic rings. The number of nitrogens with zero attached hydrogens (tertiary/aromatic N) is 1. The zero-order chi connectivity index (χ0) is 23.1. The number of aliphatic hydroxyl groups is 1. The van der Waals surface area contributed by atoms with Gasteiger partial charge in [-0.3, -0.25) is 9.69 Å². The van der Waals surface area contributed by atoms with Crippen LogP contribution in [0.5, 0.6) is 0 Å². The number of allylic oxidation sites excluding steroid dienone is 2. The lowest BCUT2D eigenvalue weighted by molar-refractivity contribution is -0.132. The van der Waals surface area contributed by atoms with Gasteiger partial charge in [-0.15, -0.1) is 0 Å². The quantitative estimate of drug-likeness (QED) is 0.626. The summed E-state index contributed by atoms with van der Waals surface area (Å²) in [5, 5.41) is 9.69. The van der Waals surface area contributed by atoms with E-state index in [2.05, 4.69) is 25.7 Å². The summed E-state index contributed by atoms with van der Waals surface area (Å²) in [4.78, 5) is 14.7. The lowest BCUT2D eigenvalue weighted by atomic mass is 9.56. The first kappa shape index (κ1) is 22.7. The maximum absolute atomic E-state index is 12.2. The summed E-state index contributed by atoms with van der Waals surface area (Å²) in [5.74, 6) is 1.73. The molecule has 8 atom stereocenters. The minimum absolute atomic E-state index is 0.0368. The van der Waals surface area contributed by atoms with Crippen molar-refractivity contribution in [3.8, 4) is 0 Å². The maximum Gasteiger partial charge on any atom is 0.155 e. The van der Waals surface area contributed by atoms with Crippen molar-refractivity contribution in [2.24, 2.45) is 28.1 Å². The average molecular weight is 456 g/mol. The lowest BCUT2D eigenvalue weighted by Gasteiger charge is -2.50. The molecule has 5 fully saturated rings. The molecule has 184 valence electrons. The Kier molecular flexibility index (Phi) is 5.27. The van der Waals surface area contributed by atoms with Gasteiger partial charge in [0.15, 0.2) is 5.78 Å². The van der Waals surface area contributed by atoms with Crippen LogP contribution in [0.2, 0.25) is 0 Å². The summed E-state index contributed by atoms with van der Waals surface area (Å²) >= 11 is 0. The van der Waals surface area contributed by atoms with Crippen molar-refractivity contribution in [2.75, 3.05) is 19.7 Å². The van der Waals surface area contributed by atoms with Crippen LogP contribution < -0.4 is 0 Å². The number of carbonyl (C=O) groups excluding carboxylic acids is 1. The average Bonchev–Trinajstić information content (AvgIpc) is 3.21. The van der Waals surface area contributed by atoms with Crippen LogP contribution in [0.25, 0.3) is 0 Å². The molecule has 2 heterocycles. The van der Waals surface area contributed by atoms with Crippen LogP contribution in [0.4, 0.5) is 0 Å². The van der Waals surface area contributed by atoms with Gasteiger partial charge in [0.25, 0.3) is 0 Å². The minimum Gasteiger partial charge on any atom is -0.395 e.